The zero-order valence-electron chi connectivity index (χ0n) is 12.7. The Balaban J connectivity index is 1.52. The van der Waals surface area contributed by atoms with Crippen LogP contribution in [0.1, 0.15) is 23.4 Å². The van der Waals surface area contributed by atoms with Crippen LogP contribution < -0.4 is 10.1 Å². The van der Waals surface area contributed by atoms with Crippen molar-refractivity contribution in [1.29, 1.82) is 0 Å². The lowest BCUT2D eigenvalue weighted by Gasteiger charge is -2.14. The van der Waals surface area contributed by atoms with Gasteiger partial charge in [-0.05, 0) is 37.3 Å². The minimum Gasteiger partial charge on any atom is -0.493 e. The van der Waals surface area contributed by atoms with E-state index >= 15 is 0 Å². The van der Waals surface area contributed by atoms with Crippen molar-refractivity contribution in [1.82, 2.24) is 10.5 Å². The predicted octanol–water partition coefficient (Wildman–Crippen LogP) is 2.28. The number of aromatic nitrogens is 1. The lowest BCUT2D eigenvalue weighted by atomic mass is 9.97. The van der Waals surface area contributed by atoms with Crippen LogP contribution in [-0.4, -0.2) is 24.2 Å². The molecule has 0 saturated heterocycles. The molecular weight excluding hydrogens is 280 g/mol. The molecule has 116 valence electrons. The summed E-state index contributed by atoms with van der Waals surface area (Å²) in [7, 11) is 0. The lowest BCUT2D eigenvalue weighted by molar-refractivity contribution is -0.120. The van der Waals surface area contributed by atoms with Crippen LogP contribution in [0, 0.1) is 12.8 Å². The molecule has 1 N–H and O–H groups in total. The molecule has 2 heterocycles. The van der Waals surface area contributed by atoms with E-state index in [0.29, 0.717) is 24.8 Å². The summed E-state index contributed by atoms with van der Waals surface area (Å²) in [6, 6.07) is 9.89. The molecule has 2 aromatic rings. The van der Waals surface area contributed by atoms with Gasteiger partial charge < -0.3 is 14.6 Å². The molecule has 1 aliphatic heterocycles. The first-order valence-electron chi connectivity index (χ1n) is 7.60. The van der Waals surface area contributed by atoms with Gasteiger partial charge in [0.05, 0.1) is 18.7 Å². The van der Waals surface area contributed by atoms with E-state index < -0.39 is 0 Å². The second-order valence-electron chi connectivity index (χ2n) is 5.73. The van der Waals surface area contributed by atoms with E-state index in [1.807, 2.05) is 25.1 Å². The fourth-order valence-corrected chi connectivity index (χ4v) is 2.71. The van der Waals surface area contributed by atoms with Crippen molar-refractivity contribution in [3.05, 3.63) is 47.3 Å². The summed E-state index contributed by atoms with van der Waals surface area (Å²) < 4.78 is 10.8. The first-order valence-corrected chi connectivity index (χ1v) is 7.60. The van der Waals surface area contributed by atoms with Crippen LogP contribution in [0.2, 0.25) is 0 Å². The van der Waals surface area contributed by atoms with Crippen molar-refractivity contribution in [2.45, 2.75) is 26.2 Å². The van der Waals surface area contributed by atoms with E-state index in [2.05, 4.69) is 16.5 Å². The number of benzene rings is 1. The van der Waals surface area contributed by atoms with Crippen molar-refractivity contribution < 1.29 is 14.1 Å². The van der Waals surface area contributed by atoms with Gasteiger partial charge in [-0.15, -0.1) is 0 Å². The standard InChI is InChI=1S/C17H20N2O3/c1-12-8-15(22-19-12)10-17(20)18-11-13-6-7-21-16-5-3-2-4-14(16)9-13/h2-5,8,13H,6-7,9-11H2,1H3,(H,18,20). The predicted molar refractivity (Wildman–Crippen MR) is 81.7 cm³/mol. The van der Waals surface area contributed by atoms with Crippen molar-refractivity contribution in [2.75, 3.05) is 13.2 Å². The van der Waals surface area contributed by atoms with E-state index in [-0.39, 0.29) is 12.3 Å². The molecule has 22 heavy (non-hydrogen) atoms. The van der Waals surface area contributed by atoms with Gasteiger partial charge in [0.2, 0.25) is 5.91 Å². The molecule has 0 radical (unpaired) electrons. The number of para-hydroxylation sites is 1. The van der Waals surface area contributed by atoms with E-state index in [4.69, 9.17) is 9.26 Å². The molecule has 0 fully saturated rings. The second kappa shape index (κ2) is 6.64. The molecule has 1 aliphatic rings. The molecule has 1 aromatic heterocycles. The highest BCUT2D eigenvalue weighted by molar-refractivity contribution is 5.77. The highest BCUT2D eigenvalue weighted by Crippen LogP contribution is 2.26. The summed E-state index contributed by atoms with van der Waals surface area (Å²) >= 11 is 0. The normalized spacial score (nSPS) is 17.2. The number of ether oxygens (including phenoxy) is 1. The number of rotatable bonds is 4. The highest BCUT2D eigenvalue weighted by Gasteiger charge is 2.18. The van der Waals surface area contributed by atoms with Gasteiger partial charge in [-0.25, -0.2) is 0 Å². The molecule has 0 spiro atoms. The largest absolute Gasteiger partial charge is 0.493 e. The maximum absolute atomic E-state index is 12.0. The van der Waals surface area contributed by atoms with Gasteiger partial charge in [0.15, 0.2) is 0 Å². The Morgan fingerprint density at radius 1 is 1.41 bits per heavy atom. The zero-order valence-corrected chi connectivity index (χ0v) is 12.7. The van der Waals surface area contributed by atoms with E-state index in [1.165, 1.54) is 5.56 Å². The van der Waals surface area contributed by atoms with Crippen molar-refractivity contribution >= 4 is 5.91 Å². The van der Waals surface area contributed by atoms with E-state index in [0.717, 1.165) is 24.3 Å². The van der Waals surface area contributed by atoms with Gasteiger partial charge >= 0.3 is 0 Å². The monoisotopic (exact) mass is 300 g/mol. The quantitative estimate of drug-likeness (QED) is 0.941. The van der Waals surface area contributed by atoms with Crippen LogP contribution in [0.3, 0.4) is 0 Å². The Bertz CT molecular complexity index is 651. The topological polar surface area (TPSA) is 64.4 Å². The Morgan fingerprint density at radius 3 is 3.09 bits per heavy atom. The maximum atomic E-state index is 12.0. The van der Waals surface area contributed by atoms with Crippen molar-refractivity contribution in [2.24, 2.45) is 5.92 Å². The van der Waals surface area contributed by atoms with Crippen LogP contribution in [0.4, 0.5) is 0 Å². The van der Waals surface area contributed by atoms with Gasteiger partial charge in [-0.3, -0.25) is 4.79 Å². The number of hydrogen-bond acceptors (Lipinski definition) is 4. The lowest BCUT2D eigenvalue weighted by Crippen LogP contribution is -2.31. The fourth-order valence-electron chi connectivity index (χ4n) is 2.71. The number of nitrogens with zero attached hydrogens (tertiary/aromatic N) is 1. The van der Waals surface area contributed by atoms with Crippen LogP contribution >= 0.6 is 0 Å². The number of carbonyl (C=O) groups is 1. The van der Waals surface area contributed by atoms with Crippen LogP contribution in [0.5, 0.6) is 5.75 Å². The van der Waals surface area contributed by atoms with Gasteiger partial charge in [0.1, 0.15) is 11.5 Å². The second-order valence-corrected chi connectivity index (χ2v) is 5.73. The first kappa shape index (κ1) is 14.6. The average molecular weight is 300 g/mol. The maximum Gasteiger partial charge on any atom is 0.227 e. The van der Waals surface area contributed by atoms with E-state index in [1.54, 1.807) is 6.07 Å². The molecule has 0 bridgehead atoms. The van der Waals surface area contributed by atoms with E-state index in [9.17, 15) is 4.79 Å². The Morgan fingerprint density at radius 2 is 2.27 bits per heavy atom. The number of nitrogens with one attached hydrogen (secondary N) is 1. The van der Waals surface area contributed by atoms with Crippen LogP contribution in [0.15, 0.2) is 34.9 Å². The minimum absolute atomic E-state index is 0.0328. The average Bonchev–Trinajstić information content (AvgIpc) is 2.80. The smallest absolute Gasteiger partial charge is 0.227 e. The summed E-state index contributed by atoms with van der Waals surface area (Å²) in [5.74, 6) is 1.93. The molecule has 1 amide bonds. The Labute approximate surface area is 129 Å². The number of carbonyl (C=O) groups excluding carboxylic acids is 1. The summed E-state index contributed by atoms with van der Waals surface area (Å²) in [5.41, 5.74) is 2.01. The third-order valence-electron chi connectivity index (χ3n) is 3.86. The first-order chi connectivity index (χ1) is 10.7. The Hall–Kier alpha value is -2.30. The summed E-state index contributed by atoms with van der Waals surface area (Å²) in [5, 5.41) is 6.77. The van der Waals surface area contributed by atoms with Crippen molar-refractivity contribution in [3.8, 4) is 5.75 Å². The van der Waals surface area contributed by atoms with Gasteiger partial charge in [-0.2, -0.15) is 0 Å². The van der Waals surface area contributed by atoms with Crippen LogP contribution in [-0.2, 0) is 17.6 Å². The molecule has 1 unspecified atom stereocenters. The minimum atomic E-state index is -0.0328. The molecule has 1 atom stereocenters. The van der Waals surface area contributed by atoms with Gasteiger partial charge in [0, 0.05) is 12.6 Å². The molecule has 3 rings (SSSR count). The van der Waals surface area contributed by atoms with Crippen LogP contribution in [0.25, 0.3) is 0 Å². The van der Waals surface area contributed by atoms with Gasteiger partial charge in [-0.1, -0.05) is 23.4 Å². The molecular formula is C17H20N2O3. The summed E-state index contributed by atoms with van der Waals surface area (Å²) in [6.45, 7) is 3.19. The molecule has 0 aliphatic carbocycles. The number of amides is 1. The van der Waals surface area contributed by atoms with Crippen molar-refractivity contribution in [3.63, 3.8) is 0 Å². The third kappa shape index (κ3) is 3.67. The summed E-state index contributed by atoms with van der Waals surface area (Å²) in [4.78, 5) is 12.0. The molecule has 1 aromatic carbocycles. The fraction of sp³-hybridized carbons (Fsp3) is 0.412. The molecule has 5 nitrogen and oxygen atoms in total. The van der Waals surface area contributed by atoms with Gasteiger partial charge in [0.25, 0.3) is 0 Å². The number of fused-ring (bicyclic) bond motifs is 1. The highest BCUT2D eigenvalue weighted by atomic mass is 16.5. The zero-order chi connectivity index (χ0) is 15.4. The SMILES string of the molecule is Cc1cc(CC(=O)NCC2CCOc3ccccc3C2)on1. The molecule has 5 heteroatoms. The molecule has 0 saturated carbocycles. The number of aryl methyl sites for hydroxylation is 1. The number of hydrogen-bond donors (Lipinski definition) is 1. The Kier molecular flexibility index (Phi) is 4.42. The summed E-state index contributed by atoms with van der Waals surface area (Å²) in [6.07, 6.45) is 2.11. The third-order valence-corrected chi connectivity index (χ3v) is 3.86.